The second kappa shape index (κ2) is 20.5. The number of rotatable bonds is 20. The molecular formula is C49H63BrN6O5Si2. The Kier molecular flexibility index (Phi) is 15.1. The predicted molar refractivity (Wildman–Crippen MR) is 260 cm³/mol. The highest BCUT2D eigenvalue weighted by Crippen LogP contribution is 2.36. The molecule has 4 atom stereocenters. The molecule has 334 valence electrons. The number of hydrogen-bond donors (Lipinski definition) is 0. The monoisotopic (exact) mass is 950 g/mol. The van der Waals surface area contributed by atoms with Crippen LogP contribution in [-0.2, 0) is 58.4 Å². The fourth-order valence-electron chi connectivity index (χ4n) is 8.29. The van der Waals surface area contributed by atoms with Gasteiger partial charge in [0.15, 0.2) is 0 Å². The quantitative estimate of drug-likeness (QED) is 0.0325. The summed E-state index contributed by atoms with van der Waals surface area (Å²) in [5.74, 6) is -0.390. The molecule has 1 unspecified atom stereocenters. The van der Waals surface area contributed by atoms with Crippen molar-refractivity contribution < 1.29 is 23.8 Å². The van der Waals surface area contributed by atoms with Gasteiger partial charge in [-0.1, -0.05) is 128 Å². The molecule has 11 nitrogen and oxygen atoms in total. The van der Waals surface area contributed by atoms with Gasteiger partial charge in [-0.05, 0) is 71.4 Å². The minimum absolute atomic E-state index is 0.125. The molecule has 0 N–H and O–H groups in total. The fraction of sp³-hybridized carbons (Fsp3) is 0.429. The van der Waals surface area contributed by atoms with Crippen LogP contribution in [0.25, 0.3) is 21.8 Å². The van der Waals surface area contributed by atoms with E-state index in [9.17, 15) is 4.79 Å². The van der Waals surface area contributed by atoms with Crippen molar-refractivity contribution in [3.05, 3.63) is 132 Å². The molecule has 3 heterocycles. The van der Waals surface area contributed by atoms with Crippen LogP contribution in [0.3, 0.4) is 0 Å². The van der Waals surface area contributed by atoms with Crippen molar-refractivity contribution in [1.29, 1.82) is 0 Å². The van der Waals surface area contributed by atoms with Crippen molar-refractivity contribution in [3.8, 4) is 0 Å². The third-order valence-electron chi connectivity index (χ3n) is 11.7. The lowest BCUT2D eigenvalue weighted by Crippen LogP contribution is -2.69. The zero-order valence-electron chi connectivity index (χ0n) is 37.9. The second-order valence-electron chi connectivity index (χ2n) is 19.3. The molecule has 0 aliphatic carbocycles. The lowest BCUT2D eigenvalue weighted by atomic mass is 9.87. The van der Waals surface area contributed by atoms with Gasteiger partial charge in [0, 0.05) is 65.0 Å². The molecule has 7 rings (SSSR count). The number of hydrogen-bond acceptors (Lipinski definition) is 7. The maximum atomic E-state index is 15.5. The van der Waals surface area contributed by atoms with Crippen LogP contribution in [0.5, 0.6) is 0 Å². The van der Waals surface area contributed by atoms with Gasteiger partial charge in [0.2, 0.25) is 0 Å². The molecule has 4 aromatic carbocycles. The summed E-state index contributed by atoms with van der Waals surface area (Å²) >= 11 is 4.09. The van der Waals surface area contributed by atoms with Crippen LogP contribution >= 0.6 is 15.9 Å². The molecule has 0 spiro atoms. The molecule has 1 saturated heterocycles. The first-order valence-corrected chi connectivity index (χ1v) is 30.5. The van der Waals surface area contributed by atoms with Crippen molar-refractivity contribution in [1.82, 2.24) is 29.4 Å². The first-order chi connectivity index (χ1) is 30.1. The van der Waals surface area contributed by atoms with Gasteiger partial charge < -0.3 is 24.0 Å². The zero-order valence-corrected chi connectivity index (χ0v) is 41.5. The molecule has 2 amide bonds. The maximum absolute atomic E-state index is 15.5. The van der Waals surface area contributed by atoms with Crippen molar-refractivity contribution >= 4 is 65.9 Å². The molecule has 2 aromatic heterocycles. The average Bonchev–Trinajstić information content (AvgIpc) is 3.84. The Morgan fingerprint density at radius 2 is 1.17 bits per heavy atom. The van der Waals surface area contributed by atoms with E-state index >= 15 is 4.79 Å². The summed E-state index contributed by atoms with van der Waals surface area (Å²) in [6, 6.07) is 33.9. The number of alkyl halides is 1. The van der Waals surface area contributed by atoms with Gasteiger partial charge in [-0.15, -0.1) is 0 Å². The lowest BCUT2D eigenvalue weighted by molar-refractivity contribution is -0.157. The highest BCUT2D eigenvalue weighted by Gasteiger charge is 2.51. The highest BCUT2D eigenvalue weighted by molar-refractivity contribution is 9.09. The normalized spacial score (nSPS) is 17.8. The van der Waals surface area contributed by atoms with Crippen LogP contribution in [0.2, 0.25) is 51.4 Å². The van der Waals surface area contributed by atoms with Crippen molar-refractivity contribution in [3.63, 3.8) is 0 Å². The van der Waals surface area contributed by atoms with E-state index in [0.717, 1.165) is 56.1 Å². The Morgan fingerprint density at radius 3 is 1.67 bits per heavy atom. The molecule has 6 aromatic rings. The van der Waals surface area contributed by atoms with Crippen LogP contribution < -0.4 is 0 Å². The van der Waals surface area contributed by atoms with Crippen molar-refractivity contribution in [2.45, 2.75) is 121 Å². The number of halogens is 1. The van der Waals surface area contributed by atoms with Crippen molar-refractivity contribution in [2.24, 2.45) is 0 Å². The topological polar surface area (TPSA) is 104 Å². The number of carbonyl (C=O) groups excluding carboxylic acids is 2. The number of carbonyl (C=O) groups is 2. The van der Waals surface area contributed by atoms with Crippen LogP contribution in [-0.4, -0.2) is 93.7 Å². The van der Waals surface area contributed by atoms with Gasteiger partial charge in [-0.2, -0.15) is 10.2 Å². The first-order valence-electron chi connectivity index (χ1n) is 22.1. The number of fused-ring (bicyclic) bond motifs is 2. The number of esters is 1. The molecule has 1 aliphatic rings. The summed E-state index contributed by atoms with van der Waals surface area (Å²) in [6.45, 7) is 18.3. The second-order valence-corrected chi connectivity index (χ2v) is 31.8. The minimum atomic E-state index is -1.22. The van der Waals surface area contributed by atoms with Gasteiger partial charge >= 0.3 is 12.0 Å². The molecule has 63 heavy (non-hydrogen) atoms. The van der Waals surface area contributed by atoms with E-state index in [4.69, 9.17) is 14.2 Å². The number of urea groups is 1. The van der Waals surface area contributed by atoms with Gasteiger partial charge in [-0.3, -0.25) is 4.79 Å². The van der Waals surface area contributed by atoms with E-state index in [1.165, 1.54) is 6.92 Å². The smallest absolute Gasteiger partial charge is 0.321 e. The third kappa shape index (κ3) is 12.4. The molecule has 0 bridgehead atoms. The summed E-state index contributed by atoms with van der Waals surface area (Å²) < 4.78 is 22.3. The Bertz CT molecular complexity index is 2450. The number of ether oxygens (including phenoxy) is 3. The minimum Gasteiger partial charge on any atom is -0.458 e. The Labute approximate surface area is 382 Å². The van der Waals surface area contributed by atoms with Gasteiger partial charge in [0.25, 0.3) is 0 Å². The number of amides is 2. The molecule has 0 saturated carbocycles. The fourth-order valence-corrected chi connectivity index (χ4v) is 10.8. The Hall–Kier alpha value is -4.61. The van der Waals surface area contributed by atoms with Gasteiger partial charge in [0.1, 0.15) is 19.6 Å². The molecular weight excluding hydrogens is 889 g/mol. The van der Waals surface area contributed by atoms with Crippen molar-refractivity contribution in [2.75, 3.05) is 13.2 Å². The Morgan fingerprint density at radius 1 is 0.683 bits per heavy atom. The van der Waals surface area contributed by atoms with E-state index in [2.05, 4.69) is 126 Å². The summed E-state index contributed by atoms with van der Waals surface area (Å²) in [4.78, 5) is 32.4. The van der Waals surface area contributed by atoms with Crippen LogP contribution in [0.15, 0.2) is 109 Å². The van der Waals surface area contributed by atoms with Crippen LogP contribution in [0, 0.1) is 0 Å². The summed E-state index contributed by atoms with van der Waals surface area (Å²) in [5.41, 5.74) is 6.01. The van der Waals surface area contributed by atoms with E-state index in [1.807, 2.05) is 68.0 Å². The lowest BCUT2D eigenvalue weighted by Gasteiger charge is -2.52. The first kappa shape index (κ1) is 46.4. The summed E-state index contributed by atoms with van der Waals surface area (Å²) in [7, 11) is -2.43. The molecule has 1 aliphatic heterocycles. The molecule has 1 fully saturated rings. The standard InChI is InChI=1S/C49H63BrN6O5Si2/c1-36(57)61-48-46(29-38-16-12-9-13-17-38)53(32-39-18-20-44-41(26-39)30-51-55(44)34-59-22-24-62(2,3)4)49(58)54(47(48)43(50)28-37-14-10-8-11-15-37)33-40-19-21-45-42(27-40)31-52-56(45)35-60-23-25-63(5,6)7/h8-21,26-27,30-31,43,46-48H,22-25,28-29,32-35H2,1-7H3/t43?,46-,47-,48+/m1/s1. The summed E-state index contributed by atoms with van der Waals surface area (Å²) in [5, 5.41) is 11.3. The number of aromatic nitrogens is 4. The molecule has 14 heteroatoms. The SMILES string of the molecule is CC(=O)O[C@H]1[C@@H](Cc2ccccc2)N(Cc2ccc3c(cnn3COCC[Si](C)(C)C)c2)C(=O)N(Cc2ccc3c(cnn3COCC[Si](C)(C)C)c2)[C@@H]1C(Br)Cc1ccccc1. The van der Waals surface area contributed by atoms with E-state index in [0.29, 0.717) is 52.6 Å². The third-order valence-corrected chi connectivity index (χ3v) is 16.0. The maximum Gasteiger partial charge on any atom is 0.321 e. The van der Waals surface area contributed by atoms with Crippen LogP contribution in [0.4, 0.5) is 4.79 Å². The predicted octanol–water partition coefficient (Wildman–Crippen LogP) is 10.4. The Balaban J connectivity index is 1.23. The average molecular weight is 952 g/mol. The zero-order chi connectivity index (χ0) is 44.7. The van der Waals surface area contributed by atoms with Gasteiger partial charge in [0.05, 0.1) is 35.5 Å². The largest absolute Gasteiger partial charge is 0.458 e. The highest BCUT2D eigenvalue weighted by atomic mass is 79.9. The van der Waals surface area contributed by atoms with E-state index in [-0.39, 0.29) is 10.9 Å². The van der Waals surface area contributed by atoms with Gasteiger partial charge in [-0.25, -0.2) is 14.2 Å². The van der Waals surface area contributed by atoms with Crippen LogP contribution in [0.1, 0.15) is 29.2 Å². The molecule has 0 radical (unpaired) electrons. The summed E-state index contributed by atoms with van der Waals surface area (Å²) in [6.07, 6.45) is 4.17. The van der Waals surface area contributed by atoms with E-state index < -0.39 is 40.3 Å². The number of nitrogens with zero attached hydrogens (tertiary/aromatic N) is 6. The number of benzene rings is 4. The van der Waals surface area contributed by atoms with E-state index in [1.54, 1.807) is 0 Å².